The van der Waals surface area contributed by atoms with Gasteiger partial charge >= 0.3 is 5.97 Å². The molecule has 1 heterocycles. The van der Waals surface area contributed by atoms with E-state index in [1.54, 1.807) is 0 Å². The Morgan fingerprint density at radius 3 is 2.56 bits per heavy atom. The van der Waals surface area contributed by atoms with E-state index in [2.05, 4.69) is 25.8 Å². The minimum Gasteiger partial charge on any atom is -0.481 e. The summed E-state index contributed by atoms with van der Waals surface area (Å²) in [6.07, 6.45) is 2.27. The van der Waals surface area contributed by atoms with E-state index in [0.29, 0.717) is 11.8 Å². The number of carbonyl (C=O) groups is 1. The van der Waals surface area contributed by atoms with Crippen molar-refractivity contribution in [1.29, 1.82) is 0 Å². The van der Waals surface area contributed by atoms with Gasteiger partial charge in [0, 0.05) is 13.1 Å². The zero-order valence-corrected chi connectivity index (χ0v) is 10.4. The van der Waals surface area contributed by atoms with Gasteiger partial charge in [0.05, 0.1) is 5.41 Å². The molecular weight excluding hydrogens is 202 g/mol. The lowest BCUT2D eigenvalue weighted by atomic mass is 9.38. The van der Waals surface area contributed by atoms with Crippen LogP contribution in [0.25, 0.3) is 0 Å². The van der Waals surface area contributed by atoms with Crippen molar-refractivity contribution in [1.82, 2.24) is 4.90 Å². The van der Waals surface area contributed by atoms with Gasteiger partial charge in [-0.2, -0.15) is 0 Å². The minimum atomic E-state index is -0.543. The second kappa shape index (κ2) is 2.81. The molecule has 4 aliphatic rings. The van der Waals surface area contributed by atoms with Crippen molar-refractivity contribution in [2.24, 2.45) is 28.6 Å². The predicted molar refractivity (Wildman–Crippen MR) is 61.1 cm³/mol. The van der Waals surface area contributed by atoms with Crippen LogP contribution in [0.2, 0.25) is 0 Å². The summed E-state index contributed by atoms with van der Waals surface area (Å²) in [5, 5.41) is 9.72. The molecule has 3 heteroatoms. The smallest absolute Gasteiger partial charge is 0.311 e. The third-order valence-corrected chi connectivity index (χ3v) is 5.85. The van der Waals surface area contributed by atoms with Crippen LogP contribution in [0.5, 0.6) is 0 Å². The highest BCUT2D eigenvalue weighted by Crippen LogP contribution is 2.69. The van der Waals surface area contributed by atoms with E-state index < -0.39 is 11.4 Å². The fraction of sp³-hybridized carbons (Fsp3) is 0.923. The first-order chi connectivity index (χ1) is 7.39. The number of carboxylic acid groups (broad SMARTS) is 1. The summed E-state index contributed by atoms with van der Waals surface area (Å²) in [7, 11) is 2.06. The lowest BCUT2D eigenvalue weighted by Gasteiger charge is -2.64. The second-order valence-corrected chi connectivity index (χ2v) is 6.78. The van der Waals surface area contributed by atoms with Crippen LogP contribution in [-0.4, -0.2) is 36.1 Å². The third-order valence-electron chi connectivity index (χ3n) is 5.85. The Morgan fingerprint density at radius 2 is 2.00 bits per heavy atom. The molecule has 0 spiro atoms. The van der Waals surface area contributed by atoms with Gasteiger partial charge < -0.3 is 10.0 Å². The van der Waals surface area contributed by atoms with Crippen LogP contribution in [0.3, 0.4) is 0 Å². The second-order valence-electron chi connectivity index (χ2n) is 6.78. The predicted octanol–water partition coefficient (Wildman–Crippen LogP) is 1.69. The molecule has 2 bridgehead atoms. The topological polar surface area (TPSA) is 40.5 Å². The summed E-state index contributed by atoms with van der Waals surface area (Å²) in [6.45, 7) is 6.28. The normalized spacial score (nSPS) is 49.6. The Morgan fingerprint density at radius 1 is 1.31 bits per heavy atom. The van der Waals surface area contributed by atoms with E-state index in [1.165, 1.54) is 0 Å². The molecular formula is C13H21NO2. The lowest BCUT2D eigenvalue weighted by Crippen LogP contribution is -2.64. The molecule has 3 saturated carbocycles. The van der Waals surface area contributed by atoms with E-state index in [0.717, 1.165) is 31.8 Å². The zero-order valence-electron chi connectivity index (χ0n) is 10.4. The standard InChI is InChI=1S/C13H21NO2/c1-12(2)8-4-9-6-14(3)7-13(9,11(15)16)10(12)5-8/h8-10H,4-7H2,1-3H3,(H,15,16). The molecule has 1 N–H and O–H groups in total. The van der Waals surface area contributed by atoms with Crippen molar-refractivity contribution >= 4 is 5.97 Å². The van der Waals surface area contributed by atoms with Gasteiger partial charge in [-0.15, -0.1) is 0 Å². The number of hydrogen-bond acceptors (Lipinski definition) is 2. The van der Waals surface area contributed by atoms with E-state index >= 15 is 0 Å². The fourth-order valence-corrected chi connectivity index (χ4v) is 4.88. The Kier molecular flexibility index (Phi) is 1.86. The van der Waals surface area contributed by atoms with Gasteiger partial charge in [-0.1, -0.05) is 13.8 Å². The number of aliphatic carboxylic acids is 1. The molecule has 0 radical (unpaired) electrons. The first kappa shape index (κ1) is 10.6. The van der Waals surface area contributed by atoms with Crippen LogP contribution in [-0.2, 0) is 4.79 Å². The van der Waals surface area contributed by atoms with Gasteiger partial charge in [-0.05, 0) is 43.1 Å². The van der Waals surface area contributed by atoms with Crippen molar-refractivity contribution < 1.29 is 9.90 Å². The van der Waals surface area contributed by atoms with Crippen molar-refractivity contribution in [2.75, 3.05) is 20.1 Å². The summed E-state index contributed by atoms with van der Waals surface area (Å²) in [5.41, 5.74) is -0.187. The maximum atomic E-state index is 11.8. The average Bonchev–Trinajstić information content (AvgIpc) is 2.53. The van der Waals surface area contributed by atoms with E-state index in [4.69, 9.17) is 0 Å². The first-order valence-corrected chi connectivity index (χ1v) is 6.31. The molecule has 4 rings (SSSR count). The zero-order chi connectivity index (χ0) is 11.7. The van der Waals surface area contributed by atoms with Crippen LogP contribution in [0, 0.1) is 28.6 Å². The molecule has 4 unspecified atom stereocenters. The van der Waals surface area contributed by atoms with Gasteiger partial charge in [0.2, 0.25) is 0 Å². The Balaban J connectivity index is 2.04. The summed E-state index contributed by atoms with van der Waals surface area (Å²) < 4.78 is 0. The van der Waals surface area contributed by atoms with Gasteiger partial charge in [0.1, 0.15) is 0 Å². The largest absolute Gasteiger partial charge is 0.481 e. The molecule has 1 aliphatic heterocycles. The highest BCUT2D eigenvalue weighted by Gasteiger charge is 2.70. The lowest BCUT2D eigenvalue weighted by molar-refractivity contribution is -0.199. The summed E-state index contributed by atoms with van der Waals surface area (Å²) >= 11 is 0. The van der Waals surface area contributed by atoms with Crippen molar-refractivity contribution in [3.63, 3.8) is 0 Å². The molecule has 16 heavy (non-hydrogen) atoms. The van der Waals surface area contributed by atoms with Gasteiger partial charge in [0.25, 0.3) is 0 Å². The molecule has 3 aliphatic carbocycles. The molecule has 4 fully saturated rings. The SMILES string of the molecule is CN1CC2CC3CC(C3(C)C)C2(C(=O)O)C1. The van der Waals surface area contributed by atoms with E-state index in [-0.39, 0.29) is 5.41 Å². The Bertz CT molecular complexity index is 352. The molecule has 1 saturated heterocycles. The molecule has 90 valence electrons. The number of nitrogens with zero attached hydrogens (tertiary/aromatic N) is 1. The maximum absolute atomic E-state index is 11.8. The van der Waals surface area contributed by atoms with Crippen LogP contribution >= 0.6 is 0 Å². The molecule has 0 aromatic heterocycles. The summed E-state index contributed by atoms with van der Waals surface area (Å²) in [4.78, 5) is 14.0. The number of carboxylic acids is 1. The molecule has 3 nitrogen and oxygen atoms in total. The molecule has 4 atom stereocenters. The summed E-state index contributed by atoms with van der Waals surface area (Å²) in [5.74, 6) is 1.01. The Labute approximate surface area is 96.8 Å². The van der Waals surface area contributed by atoms with Crippen LogP contribution in [0.1, 0.15) is 26.7 Å². The van der Waals surface area contributed by atoms with E-state index in [1.807, 2.05) is 0 Å². The third kappa shape index (κ3) is 0.963. The first-order valence-electron chi connectivity index (χ1n) is 6.31. The van der Waals surface area contributed by atoms with Crippen molar-refractivity contribution in [2.45, 2.75) is 26.7 Å². The summed E-state index contributed by atoms with van der Waals surface area (Å²) in [6, 6.07) is 0. The monoisotopic (exact) mass is 223 g/mol. The van der Waals surface area contributed by atoms with Crippen molar-refractivity contribution in [3.8, 4) is 0 Å². The van der Waals surface area contributed by atoms with Gasteiger partial charge in [0.15, 0.2) is 0 Å². The fourth-order valence-electron chi connectivity index (χ4n) is 4.88. The van der Waals surface area contributed by atoms with Crippen LogP contribution in [0.15, 0.2) is 0 Å². The van der Waals surface area contributed by atoms with Crippen LogP contribution in [0.4, 0.5) is 0 Å². The molecule has 0 aromatic carbocycles. The minimum absolute atomic E-state index is 0.250. The van der Waals surface area contributed by atoms with Gasteiger partial charge in [-0.3, -0.25) is 4.79 Å². The van der Waals surface area contributed by atoms with Crippen LogP contribution < -0.4 is 0 Å². The maximum Gasteiger partial charge on any atom is 0.311 e. The highest BCUT2D eigenvalue weighted by atomic mass is 16.4. The number of rotatable bonds is 1. The number of hydrogen-bond donors (Lipinski definition) is 1. The quantitative estimate of drug-likeness (QED) is 0.735. The Hall–Kier alpha value is -0.570. The number of likely N-dealkylation sites (tertiary alicyclic amines) is 1. The van der Waals surface area contributed by atoms with Crippen molar-refractivity contribution in [3.05, 3.63) is 0 Å². The van der Waals surface area contributed by atoms with E-state index in [9.17, 15) is 9.90 Å². The van der Waals surface area contributed by atoms with Gasteiger partial charge in [-0.25, -0.2) is 0 Å². The highest BCUT2D eigenvalue weighted by molar-refractivity contribution is 5.77. The average molecular weight is 223 g/mol. The molecule has 0 aromatic rings. The molecule has 0 amide bonds.